The quantitative estimate of drug-likeness (QED) is 0.864. The van der Waals surface area contributed by atoms with Crippen LogP contribution in [-0.2, 0) is 4.79 Å². The number of aryl methyl sites for hydroxylation is 1. The molecule has 4 nitrogen and oxygen atoms in total. The van der Waals surface area contributed by atoms with E-state index in [9.17, 15) is 9.59 Å². The molecule has 0 spiro atoms. The minimum Gasteiger partial charge on any atom is -0.346 e. The van der Waals surface area contributed by atoms with Crippen molar-refractivity contribution in [2.75, 3.05) is 5.32 Å². The number of amides is 2. The fourth-order valence-electron chi connectivity index (χ4n) is 2.49. The third-order valence-corrected chi connectivity index (χ3v) is 4.07. The molecule has 0 aromatic heterocycles. The highest BCUT2D eigenvalue weighted by atomic mass is 16.2. The van der Waals surface area contributed by atoms with Crippen LogP contribution in [0.5, 0.6) is 0 Å². The molecule has 132 valence electrons. The van der Waals surface area contributed by atoms with Crippen LogP contribution in [0.3, 0.4) is 0 Å². The summed E-state index contributed by atoms with van der Waals surface area (Å²) < 4.78 is 0. The van der Waals surface area contributed by atoms with Crippen molar-refractivity contribution in [1.82, 2.24) is 5.32 Å². The standard InChI is InChI=1S/C21H26N2O2/c1-14-9-6-7-12-18(14)15(2)22-19(24)16-10-8-11-17(13-16)23-20(25)21(3,4)5/h6-13,15H,1-5H3,(H,22,24)(H,23,25). The molecule has 2 aromatic rings. The zero-order valence-electron chi connectivity index (χ0n) is 15.5. The molecule has 0 aliphatic rings. The molecule has 1 unspecified atom stereocenters. The molecule has 0 aliphatic heterocycles. The second-order valence-electron chi connectivity index (χ2n) is 7.34. The lowest BCUT2D eigenvalue weighted by Crippen LogP contribution is -2.28. The molecular formula is C21H26N2O2. The molecule has 2 rings (SSSR count). The third kappa shape index (κ3) is 4.92. The summed E-state index contributed by atoms with van der Waals surface area (Å²) >= 11 is 0. The van der Waals surface area contributed by atoms with Crippen LogP contribution in [0, 0.1) is 12.3 Å². The van der Waals surface area contributed by atoms with Gasteiger partial charge in [-0.3, -0.25) is 9.59 Å². The molecule has 2 N–H and O–H groups in total. The van der Waals surface area contributed by atoms with Crippen molar-refractivity contribution in [3.05, 3.63) is 65.2 Å². The Morgan fingerprint density at radius 1 is 1.00 bits per heavy atom. The monoisotopic (exact) mass is 338 g/mol. The Hall–Kier alpha value is -2.62. The predicted octanol–water partition coefficient (Wildman–Crippen LogP) is 4.47. The van der Waals surface area contributed by atoms with Gasteiger partial charge in [-0.2, -0.15) is 0 Å². The highest BCUT2D eigenvalue weighted by molar-refractivity contribution is 5.98. The van der Waals surface area contributed by atoms with Gasteiger partial charge in [-0.25, -0.2) is 0 Å². The summed E-state index contributed by atoms with van der Waals surface area (Å²) in [6.45, 7) is 9.54. The molecule has 0 saturated heterocycles. The number of hydrogen-bond donors (Lipinski definition) is 2. The van der Waals surface area contributed by atoms with E-state index in [1.807, 2.05) is 58.9 Å². The summed E-state index contributed by atoms with van der Waals surface area (Å²) in [6.07, 6.45) is 0. The lowest BCUT2D eigenvalue weighted by molar-refractivity contribution is -0.123. The van der Waals surface area contributed by atoms with E-state index >= 15 is 0 Å². The normalized spacial score (nSPS) is 12.4. The van der Waals surface area contributed by atoms with Gasteiger partial charge in [-0.1, -0.05) is 51.1 Å². The van der Waals surface area contributed by atoms with Crippen molar-refractivity contribution in [3.63, 3.8) is 0 Å². The van der Waals surface area contributed by atoms with Crippen molar-refractivity contribution in [1.29, 1.82) is 0 Å². The molecule has 0 bridgehead atoms. The highest BCUT2D eigenvalue weighted by Gasteiger charge is 2.21. The Balaban J connectivity index is 2.11. The van der Waals surface area contributed by atoms with Crippen molar-refractivity contribution in [3.8, 4) is 0 Å². The number of rotatable bonds is 4. The van der Waals surface area contributed by atoms with Gasteiger partial charge in [0, 0.05) is 16.7 Å². The summed E-state index contributed by atoms with van der Waals surface area (Å²) in [5, 5.41) is 5.86. The summed E-state index contributed by atoms with van der Waals surface area (Å²) in [5.74, 6) is -0.249. The van der Waals surface area contributed by atoms with Crippen LogP contribution in [0.1, 0.15) is 55.2 Å². The molecule has 2 amide bonds. The Labute approximate surface area is 149 Å². The zero-order valence-corrected chi connectivity index (χ0v) is 15.5. The maximum Gasteiger partial charge on any atom is 0.251 e. The number of carbonyl (C=O) groups is 2. The Bertz CT molecular complexity index is 775. The van der Waals surface area contributed by atoms with E-state index < -0.39 is 5.41 Å². The predicted molar refractivity (Wildman–Crippen MR) is 102 cm³/mol. The summed E-state index contributed by atoms with van der Waals surface area (Å²) in [5.41, 5.74) is 2.88. The zero-order chi connectivity index (χ0) is 18.6. The van der Waals surface area contributed by atoms with Crippen molar-refractivity contribution >= 4 is 17.5 Å². The summed E-state index contributed by atoms with van der Waals surface area (Å²) in [4.78, 5) is 24.7. The third-order valence-electron chi connectivity index (χ3n) is 4.07. The van der Waals surface area contributed by atoms with Crippen LogP contribution in [0.2, 0.25) is 0 Å². The smallest absolute Gasteiger partial charge is 0.251 e. The van der Waals surface area contributed by atoms with Crippen LogP contribution in [0.4, 0.5) is 5.69 Å². The number of anilines is 1. The Morgan fingerprint density at radius 3 is 2.32 bits per heavy atom. The van der Waals surface area contributed by atoms with Gasteiger partial charge in [0.2, 0.25) is 5.91 Å². The molecular weight excluding hydrogens is 312 g/mol. The van der Waals surface area contributed by atoms with E-state index in [0.29, 0.717) is 11.3 Å². The number of benzene rings is 2. The van der Waals surface area contributed by atoms with Gasteiger partial charge in [0.25, 0.3) is 5.91 Å². The fourth-order valence-corrected chi connectivity index (χ4v) is 2.49. The van der Waals surface area contributed by atoms with E-state index in [1.54, 1.807) is 24.3 Å². The van der Waals surface area contributed by atoms with Crippen LogP contribution >= 0.6 is 0 Å². The number of nitrogens with one attached hydrogen (secondary N) is 2. The Kier molecular flexibility index (Phi) is 5.62. The van der Waals surface area contributed by atoms with Gasteiger partial charge in [-0.15, -0.1) is 0 Å². The Morgan fingerprint density at radius 2 is 1.68 bits per heavy atom. The molecule has 4 heteroatoms. The maximum atomic E-state index is 12.6. The van der Waals surface area contributed by atoms with Crippen LogP contribution in [0.25, 0.3) is 0 Å². The first-order valence-corrected chi connectivity index (χ1v) is 8.46. The highest BCUT2D eigenvalue weighted by Crippen LogP contribution is 2.20. The molecule has 0 radical (unpaired) electrons. The lowest BCUT2D eigenvalue weighted by Gasteiger charge is -2.19. The fraction of sp³-hybridized carbons (Fsp3) is 0.333. The summed E-state index contributed by atoms with van der Waals surface area (Å²) in [7, 11) is 0. The van der Waals surface area contributed by atoms with E-state index in [0.717, 1.165) is 11.1 Å². The van der Waals surface area contributed by atoms with Gasteiger partial charge in [0.1, 0.15) is 0 Å². The lowest BCUT2D eigenvalue weighted by atomic mass is 9.95. The number of carbonyl (C=O) groups excluding carboxylic acids is 2. The molecule has 1 atom stereocenters. The second-order valence-corrected chi connectivity index (χ2v) is 7.34. The van der Waals surface area contributed by atoms with Gasteiger partial charge >= 0.3 is 0 Å². The molecule has 0 fully saturated rings. The van der Waals surface area contributed by atoms with Crippen LogP contribution in [0.15, 0.2) is 48.5 Å². The van der Waals surface area contributed by atoms with Crippen LogP contribution in [-0.4, -0.2) is 11.8 Å². The first-order chi connectivity index (χ1) is 11.7. The van der Waals surface area contributed by atoms with Gasteiger partial charge in [0.15, 0.2) is 0 Å². The van der Waals surface area contributed by atoms with Gasteiger partial charge < -0.3 is 10.6 Å². The molecule has 0 saturated carbocycles. The van der Waals surface area contributed by atoms with Gasteiger partial charge in [0.05, 0.1) is 6.04 Å². The minimum atomic E-state index is -0.488. The minimum absolute atomic E-state index is 0.0849. The number of hydrogen-bond acceptors (Lipinski definition) is 2. The van der Waals surface area contributed by atoms with E-state index in [-0.39, 0.29) is 17.9 Å². The molecule has 0 aliphatic carbocycles. The average molecular weight is 338 g/mol. The molecule has 0 heterocycles. The largest absolute Gasteiger partial charge is 0.346 e. The topological polar surface area (TPSA) is 58.2 Å². The second kappa shape index (κ2) is 7.51. The van der Waals surface area contributed by atoms with Gasteiger partial charge in [-0.05, 0) is 43.2 Å². The van der Waals surface area contributed by atoms with E-state index in [2.05, 4.69) is 10.6 Å². The van der Waals surface area contributed by atoms with Crippen molar-refractivity contribution in [2.24, 2.45) is 5.41 Å². The van der Waals surface area contributed by atoms with Crippen LogP contribution < -0.4 is 10.6 Å². The van der Waals surface area contributed by atoms with E-state index in [1.165, 1.54) is 0 Å². The van der Waals surface area contributed by atoms with Crippen molar-refractivity contribution in [2.45, 2.75) is 40.7 Å². The van der Waals surface area contributed by atoms with Crippen molar-refractivity contribution < 1.29 is 9.59 Å². The van der Waals surface area contributed by atoms with E-state index in [4.69, 9.17) is 0 Å². The summed E-state index contributed by atoms with van der Waals surface area (Å²) in [6, 6.07) is 14.9. The first kappa shape index (κ1) is 18.7. The molecule has 2 aromatic carbocycles. The average Bonchev–Trinajstić information content (AvgIpc) is 2.54. The SMILES string of the molecule is Cc1ccccc1C(C)NC(=O)c1cccc(NC(=O)C(C)(C)C)c1. The maximum absolute atomic E-state index is 12.6. The first-order valence-electron chi connectivity index (χ1n) is 8.46. The molecule has 25 heavy (non-hydrogen) atoms.